The summed E-state index contributed by atoms with van der Waals surface area (Å²) in [5, 5.41) is 10.6. The summed E-state index contributed by atoms with van der Waals surface area (Å²) in [6.07, 6.45) is 2.83. The average Bonchev–Trinajstić information content (AvgIpc) is 2.88. The number of nitrogens with one attached hydrogen (secondary N) is 2. The fraction of sp³-hybridized carbons (Fsp3) is 0.100. The highest BCUT2D eigenvalue weighted by Crippen LogP contribution is 2.24. The monoisotopic (exact) mass is 318 g/mol. The summed E-state index contributed by atoms with van der Waals surface area (Å²) in [6, 6.07) is 0.481. The summed E-state index contributed by atoms with van der Waals surface area (Å²) in [5.74, 6) is -2.62. The highest BCUT2D eigenvalue weighted by atomic mass is 32.2. The molecule has 21 heavy (non-hydrogen) atoms. The molecule has 1 aromatic heterocycles. The van der Waals surface area contributed by atoms with E-state index in [1.807, 2.05) is 4.72 Å². The highest BCUT2D eigenvalue weighted by Gasteiger charge is 2.26. The number of rotatable bonds is 5. The number of halogens is 2. The Hall–Kier alpha value is -2.40. The standard InChI is InChI=1S/C10H8F2N4O4S/c11-6-3-7(12)9(4-8(6)16(17)18)21(19,20)15-5-10-13-1-2-14-10/h1-4,15H,5H2,(H,13,14). The molecule has 0 bridgehead atoms. The van der Waals surface area contributed by atoms with Crippen molar-refractivity contribution in [3.8, 4) is 0 Å². The molecule has 0 unspecified atom stereocenters. The maximum absolute atomic E-state index is 13.6. The van der Waals surface area contributed by atoms with Gasteiger partial charge in [0.05, 0.1) is 11.5 Å². The minimum atomic E-state index is -4.40. The molecule has 0 aliphatic rings. The van der Waals surface area contributed by atoms with Crippen LogP contribution < -0.4 is 4.72 Å². The van der Waals surface area contributed by atoms with Crippen molar-refractivity contribution in [2.75, 3.05) is 0 Å². The van der Waals surface area contributed by atoms with Gasteiger partial charge < -0.3 is 4.98 Å². The fourth-order valence-electron chi connectivity index (χ4n) is 1.50. The molecule has 112 valence electrons. The summed E-state index contributed by atoms with van der Waals surface area (Å²) in [6.45, 7) is -0.278. The number of nitrogens with zero attached hydrogens (tertiary/aromatic N) is 2. The van der Waals surface area contributed by atoms with Crippen molar-refractivity contribution in [1.82, 2.24) is 14.7 Å². The number of nitro groups is 1. The van der Waals surface area contributed by atoms with E-state index in [9.17, 15) is 27.3 Å². The molecule has 0 aliphatic carbocycles. The van der Waals surface area contributed by atoms with Gasteiger partial charge in [0.2, 0.25) is 15.8 Å². The summed E-state index contributed by atoms with van der Waals surface area (Å²) in [5.41, 5.74) is -1.13. The van der Waals surface area contributed by atoms with Gasteiger partial charge in [-0.25, -0.2) is 22.5 Å². The lowest BCUT2D eigenvalue weighted by Crippen LogP contribution is -2.25. The largest absolute Gasteiger partial charge is 0.347 e. The zero-order valence-electron chi connectivity index (χ0n) is 10.2. The molecule has 1 aromatic carbocycles. The van der Waals surface area contributed by atoms with Gasteiger partial charge in [0, 0.05) is 24.5 Å². The SMILES string of the molecule is O=[N+]([O-])c1cc(S(=O)(=O)NCc2ncc[nH]2)c(F)cc1F. The number of aromatic amines is 1. The van der Waals surface area contributed by atoms with E-state index >= 15 is 0 Å². The smallest absolute Gasteiger partial charge is 0.306 e. The van der Waals surface area contributed by atoms with Crippen LogP contribution in [0, 0.1) is 21.7 Å². The molecule has 1 heterocycles. The van der Waals surface area contributed by atoms with Crippen LogP contribution >= 0.6 is 0 Å². The summed E-state index contributed by atoms with van der Waals surface area (Å²) in [4.78, 5) is 14.8. The molecule has 0 saturated heterocycles. The van der Waals surface area contributed by atoms with Gasteiger partial charge in [-0.05, 0) is 0 Å². The normalized spacial score (nSPS) is 11.5. The molecule has 0 fully saturated rings. The number of imidazole rings is 1. The van der Waals surface area contributed by atoms with E-state index in [0.717, 1.165) is 0 Å². The topological polar surface area (TPSA) is 118 Å². The predicted octanol–water partition coefficient (Wildman–Crippen LogP) is 1.07. The van der Waals surface area contributed by atoms with E-state index in [2.05, 4.69) is 9.97 Å². The summed E-state index contributed by atoms with van der Waals surface area (Å²) >= 11 is 0. The quantitative estimate of drug-likeness (QED) is 0.631. The molecular weight excluding hydrogens is 310 g/mol. The highest BCUT2D eigenvalue weighted by molar-refractivity contribution is 7.89. The van der Waals surface area contributed by atoms with Crippen LogP contribution in [0.25, 0.3) is 0 Å². The molecule has 11 heteroatoms. The van der Waals surface area contributed by atoms with Crippen molar-refractivity contribution in [2.24, 2.45) is 0 Å². The maximum atomic E-state index is 13.6. The van der Waals surface area contributed by atoms with Crippen LogP contribution in [0.2, 0.25) is 0 Å². The third-order valence-corrected chi connectivity index (χ3v) is 3.89. The molecular formula is C10H8F2N4O4S. The van der Waals surface area contributed by atoms with E-state index in [-0.39, 0.29) is 18.4 Å². The molecule has 0 aliphatic heterocycles. The maximum Gasteiger partial charge on any atom is 0.306 e. The number of aromatic nitrogens is 2. The second-order valence-electron chi connectivity index (χ2n) is 3.85. The lowest BCUT2D eigenvalue weighted by atomic mass is 10.3. The van der Waals surface area contributed by atoms with Crippen molar-refractivity contribution >= 4 is 15.7 Å². The van der Waals surface area contributed by atoms with Gasteiger partial charge in [0.15, 0.2) is 0 Å². The lowest BCUT2D eigenvalue weighted by Gasteiger charge is -2.07. The van der Waals surface area contributed by atoms with Crippen molar-refractivity contribution < 1.29 is 22.1 Å². The van der Waals surface area contributed by atoms with Crippen molar-refractivity contribution in [2.45, 2.75) is 11.4 Å². The number of H-pyrrole nitrogens is 1. The molecule has 8 nitrogen and oxygen atoms in total. The van der Waals surface area contributed by atoms with Crippen LogP contribution in [0.1, 0.15) is 5.82 Å². The Morgan fingerprint density at radius 1 is 1.33 bits per heavy atom. The first kappa shape index (κ1) is 15.0. The Morgan fingerprint density at radius 2 is 2.05 bits per heavy atom. The van der Waals surface area contributed by atoms with Crippen LogP contribution in [0.5, 0.6) is 0 Å². The number of sulfonamides is 1. The average molecular weight is 318 g/mol. The van der Waals surface area contributed by atoms with Crippen LogP contribution in [0.15, 0.2) is 29.4 Å². The molecule has 2 rings (SSSR count). The lowest BCUT2D eigenvalue weighted by molar-refractivity contribution is -0.387. The zero-order valence-corrected chi connectivity index (χ0v) is 11.0. The van der Waals surface area contributed by atoms with Crippen LogP contribution in [0.4, 0.5) is 14.5 Å². The predicted molar refractivity (Wildman–Crippen MR) is 65.6 cm³/mol. The van der Waals surface area contributed by atoms with Crippen LogP contribution in [-0.4, -0.2) is 23.3 Å². The molecule has 0 spiro atoms. The molecule has 0 radical (unpaired) electrons. The van der Waals surface area contributed by atoms with E-state index in [1.165, 1.54) is 12.4 Å². The molecule has 0 saturated carbocycles. The van der Waals surface area contributed by atoms with Gasteiger partial charge in [-0.3, -0.25) is 10.1 Å². The molecule has 0 amide bonds. The third kappa shape index (κ3) is 3.20. The van der Waals surface area contributed by atoms with Gasteiger partial charge >= 0.3 is 5.69 Å². The summed E-state index contributed by atoms with van der Waals surface area (Å²) < 4.78 is 52.5. The Labute approximate surface area is 117 Å². The summed E-state index contributed by atoms with van der Waals surface area (Å²) in [7, 11) is -4.40. The minimum absolute atomic E-state index is 0.152. The van der Waals surface area contributed by atoms with Crippen molar-refractivity contribution in [3.05, 3.63) is 52.1 Å². The molecule has 2 N–H and O–H groups in total. The van der Waals surface area contributed by atoms with Gasteiger partial charge in [-0.15, -0.1) is 0 Å². The number of nitro benzene ring substituents is 1. The van der Waals surface area contributed by atoms with Gasteiger partial charge in [0.25, 0.3) is 0 Å². The van der Waals surface area contributed by atoms with Crippen LogP contribution in [0.3, 0.4) is 0 Å². The second kappa shape index (κ2) is 5.54. The molecule has 0 atom stereocenters. The first-order valence-electron chi connectivity index (χ1n) is 5.42. The minimum Gasteiger partial charge on any atom is -0.347 e. The van der Waals surface area contributed by atoms with Crippen LogP contribution in [-0.2, 0) is 16.6 Å². The van der Waals surface area contributed by atoms with E-state index < -0.39 is 37.2 Å². The fourth-order valence-corrected chi connectivity index (χ4v) is 2.56. The van der Waals surface area contributed by atoms with E-state index in [4.69, 9.17) is 0 Å². The van der Waals surface area contributed by atoms with E-state index in [1.54, 1.807) is 0 Å². The number of benzene rings is 1. The van der Waals surface area contributed by atoms with Crippen molar-refractivity contribution in [3.63, 3.8) is 0 Å². The molecule has 2 aromatic rings. The van der Waals surface area contributed by atoms with E-state index in [0.29, 0.717) is 6.07 Å². The first-order valence-corrected chi connectivity index (χ1v) is 6.91. The zero-order chi connectivity index (χ0) is 15.6. The number of hydrogen-bond acceptors (Lipinski definition) is 5. The second-order valence-corrected chi connectivity index (χ2v) is 5.59. The Balaban J connectivity index is 2.35. The van der Waals surface area contributed by atoms with Crippen molar-refractivity contribution in [1.29, 1.82) is 0 Å². The third-order valence-electron chi connectivity index (χ3n) is 2.47. The number of hydrogen-bond donors (Lipinski definition) is 2. The Kier molecular flexibility index (Phi) is 3.95. The Bertz CT molecular complexity index is 777. The first-order chi connectivity index (χ1) is 9.81. The van der Waals surface area contributed by atoms with Gasteiger partial charge in [-0.1, -0.05) is 0 Å². The van der Waals surface area contributed by atoms with Gasteiger partial charge in [0.1, 0.15) is 16.5 Å². The Morgan fingerprint density at radius 3 is 2.62 bits per heavy atom. The van der Waals surface area contributed by atoms with Gasteiger partial charge in [-0.2, -0.15) is 4.39 Å².